The van der Waals surface area contributed by atoms with E-state index in [2.05, 4.69) is 10.6 Å². The van der Waals surface area contributed by atoms with Crippen molar-refractivity contribution in [1.29, 1.82) is 0 Å². The molecule has 1 aromatic rings. The molecule has 0 aliphatic rings. The Kier molecular flexibility index (Phi) is 5.15. The largest absolute Gasteiger partial charge is 0.416 e. The first-order chi connectivity index (χ1) is 8.43. The lowest BCUT2D eigenvalue weighted by Gasteiger charge is -2.08. The van der Waals surface area contributed by atoms with Crippen LogP contribution in [0.2, 0.25) is 0 Å². The minimum Gasteiger partial charge on any atom is -0.326 e. The number of nitrogens with one attached hydrogen (secondary N) is 2. The van der Waals surface area contributed by atoms with Crippen molar-refractivity contribution in [2.24, 2.45) is 0 Å². The van der Waals surface area contributed by atoms with Gasteiger partial charge in [0.15, 0.2) is 0 Å². The van der Waals surface area contributed by atoms with Gasteiger partial charge in [-0.25, -0.2) is 0 Å². The van der Waals surface area contributed by atoms with E-state index in [-0.39, 0.29) is 12.3 Å². The second kappa shape index (κ2) is 6.39. The molecule has 1 aromatic carbocycles. The smallest absolute Gasteiger partial charge is 0.326 e. The Hall–Kier alpha value is -1.56. The maximum Gasteiger partial charge on any atom is 0.416 e. The van der Waals surface area contributed by atoms with Crippen LogP contribution in [-0.2, 0) is 11.0 Å². The molecule has 0 aliphatic heterocycles. The fraction of sp³-hybridized carbons (Fsp3) is 0.417. The minimum atomic E-state index is -4.35. The number of rotatable bonds is 5. The summed E-state index contributed by atoms with van der Waals surface area (Å²) in [6.07, 6.45) is -4.07. The van der Waals surface area contributed by atoms with Gasteiger partial charge in [0.25, 0.3) is 0 Å². The SMILES string of the molecule is CCNCCC(=O)Nc1ccc(C(F)(F)F)cc1. The molecular formula is C12H15F3N2O. The lowest BCUT2D eigenvalue weighted by Crippen LogP contribution is -2.21. The highest BCUT2D eigenvalue weighted by molar-refractivity contribution is 5.90. The summed E-state index contributed by atoms with van der Waals surface area (Å²) in [7, 11) is 0. The summed E-state index contributed by atoms with van der Waals surface area (Å²) in [5, 5.41) is 5.52. The Labute approximate surface area is 103 Å². The summed E-state index contributed by atoms with van der Waals surface area (Å²) in [5.41, 5.74) is -0.363. The highest BCUT2D eigenvalue weighted by Gasteiger charge is 2.29. The first kappa shape index (κ1) is 14.5. The van der Waals surface area contributed by atoms with Crippen molar-refractivity contribution in [2.45, 2.75) is 19.5 Å². The van der Waals surface area contributed by atoms with Gasteiger partial charge in [0.2, 0.25) is 5.91 Å². The van der Waals surface area contributed by atoms with E-state index in [1.165, 1.54) is 12.1 Å². The molecule has 1 rings (SSSR count). The third-order valence-electron chi connectivity index (χ3n) is 2.27. The second-order valence-corrected chi connectivity index (χ2v) is 3.73. The fourth-order valence-electron chi connectivity index (χ4n) is 1.34. The monoisotopic (exact) mass is 260 g/mol. The van der Waals surface area contributed by atoms with Gasteiger partial charge in [-0.1, -0.05) is 6.92 Å². The summed E-state index contributed by atoms with van der Waals surface area (Å²) in [4.78, 5) is 11.4. The van der Waals surface area contributed by atoms with Crippen molar-refractivity contribution in [1.82, 2.24) is 5.32 Å². The third-order valence-corrected chi connectivity index (χ3v) is 2.27. The predicted octanol–water partition coefficient (Wildman–Crippen LogP) is 2.64. The highest BCUT2D eigenvalue weighted by Crippen LogP contribution is 2.29. The maximum atomic E-state index is 12.3. The van der Waals surface area contributed by atoms with Crippen LogP contribution in [0.5, 0.6) is 0 Å². The van der Waals surface area contributed by atoms with Crippen LogP contribution in [0.25, 0.3) is 0 Å². The Bertz CT molecular complexity index is 387. The number of hydrogen-bond donors (Lipinski definition) is 2. The number of carbonyl (C=O) groups is 1. The summed E-state index contributed by atoms with van der Waals surface area (Å²) in [6.45, 7) is 3.24. The Balaban J connectivity index is 2.51. The van der Waals surface area contributed by atoms with Gasteiger partial charge in [-0.05, 0) is 30.8 Å². The molecule has 0 unspecified atom stereocenters. The van der Waals surface area contributed by atoms with Crippen LogP contribution < -0.4 is 10.6 Å². The normalized spacial score (nSPS) is 11.3. The van der Waals surface area contributed by atoms with Crippen LogP contribution in [0.4, 0.5) is 18.9 Å². The molecule has 0 fully saturated rings. The second-order valence-electron chi connectivity index (χ2n) is 3.73. The van der Waals surface area contributed by atoms with Crippen molar-refractivity contribution < 1.29 is 18.0 Å². The average molecular weight is 260 g/mol. The van der Waals surface area contributed by atoms with Crippen LogP contribution in [0.1, 0.15) is 18.9 Å². The molecule has 0 aromatic heterocycles. The van der Waals surface area contributed by atoms with Crippen LogP contribution in [0, 0.1) is 0 Å². The zero-order valence-electron chi connectivity index (χ0n) is 9.97. The van der Waals surface area contributed by atoms with Crippen molar-refractivity contribution in [3.05, 3.63) is 29.8 Å². The average Bonchev–Trinajstić information content (AvgIpc) is 2.29. The highest BCUT2D eigenvalue weighted by atomic mass is 19.4. The van der Waals surface area contributed by atoms with Gasteiger partial charge in [-0.15, -0.1) is 0 Å². The number of alkyl halides is 3. The first-order valence-electron chi connectivity index (χ1n) is 5.61. The number of halogens is 3. The molecule has 0 aliphatic carbocycles. The van der Waals surface area contributed by atoms with Gasteiger partial charge < -0.3 is 10.6 Å². The van der Waals surface area contributed by atoms with Crippen molar-refractivity contribution in [2.75, 3.05) is 18.4 Å². The Morgan fingerprint density at radius 1 is 1.22 bits per heavy atom. The zero-order chi connectivity index (χ0) is 13.6. The number of amides is 1. The number of anilines is 1. The maximum absolute atomic E-state index is 12.3. The molecule has 0 saturated heterocycles. The van der Waals surface area contributed by atoms with Crippen molar-refractivity contribution >= 4 is 11.6 Å². The molecule has 2 N–H and O–H groups in total. The first-order valence-corrected chi connectivity index (χ1v) is 5.61. The fourth-order valence-corrected chi connectivity index (χ4v) is 1.34. The van der Waals surface area contributed by atoms with Crippen molar-refractivity contribution in [3.8, 4) is 0 Å². The van der Waals surface area contributed by atoms with Gasteiger partial charge >= 0.3 is 6.18 Å². The third kappa shape index (κ3) is 4.75. The van der Waals surface area contributed by atoms with E-state index >= 15 is 0 Å². The standard InChI is InChI=1S/C12H15F3N2O/c1-2-16-8-7-11(18)17-10-5-3-9(4-6-10)12(13,14)15/h3-6,16H,2,7-8H2,1H3,(H,17,18). The molecule has 18 heavy (non-hydrogen) atoms. The summed E-state index contributed by atoms with van der Waals surface area (Å²) in [5.74, 6) is -0.226. The summed E-state index contributed by atoms with van der Waals surface area (Å²) < 4.78 is 36.9. The summed E-state index contributed by atoms with van der Waals surface area (Å²) in [6, 6.07) is 4.38. The van der Waals surface area contributed by atoms with Crippen LogP contribution >= 0.6 is 0 Å². The molecular weight excluding hydrogens is 245 g/mol. The summed E-state index contributed by atoms with van der Waals surface area (Å²) >= 11 is 0. The van der Waals surface area contributed by atoms with E-state index in [0.29, 0.717) is 12.2 Å². The number of carbonyl (C=O) groups excluding carboxylic acids is 1. The van der Waals surface area contributed by atoms with Crippen molar-refractivity contribution in [3.63, 3.8) is 0 Å². The van der Waals surface area contributed by atoms with E-state index in [4.69, 9.17) is 0 Å². The molecule has 0 bridgehead atoms. The predicted molar refractivity (Wildman–Crippen MR) is 63.2 cm³/mol. The van der Waals surface area contributed by atoms with Crippen LogP contribution in [0.3, 0.4) is 0 Å². The van der Waals surface area contributed by atoms with E-state index in [1.807, 2.05) is 6.92 Å². The number of hydrogen-bond acceptors (Lipinski definition) is 2. The van der Waals surface area contributed by atoms with E-state index < -0.39 is 11.7 Å². The Morgan fingerprint density at radius 2 is 1.83 bits per heavy atom. The molecule has 0 atom stereocenters. The molecule has 0 heterocycles. The van der Waals surface area contributed by atoms with Gasteiger partial charge in [0.1, 0.15) is 0 Å². The van der Waals surface area contributed by atoms with Crippen LogP contribution in [-0.4, -0.2) is 19.0 Å². The van der Waals surface area contributed by atoms with Gasteiger partial charge in [-0.3, -0.25) is 4.79 Å². The molecule has 1 amide bonds. The van der Waals surface area contributed by atoms with E-state index in [1.54, 1.807) is 0 Å². The number of benzene rings is 1. The lowest BCUT2D eigenvalue weighted by molar-refractivity contribution is -0.137. The minimum absolute atomic E-state index is 0.226. The molecule has 3 nitrogen and oxygen atoms in total. The molecule has 0 saturated carbocycles. The molecule has 6 heteroatoms. The quantitative estimate of drug-likeness (QED) is 0.799. The van der Waals surface area contributed by atoms with Gasteiger partial charge in [0.05, 0.1) is 5.56 Å². The van der Waals surface area contributed by atoms with E-state index in [0.717, 1.165) is 18.7 Å². The van der Waals surface area contributed by atoms with Crippen LogP contribution in [0.15, 0.2) is 24.3 Å². The topological polar surface area (TPSA) is 41.1 Å². The molecule has 0 radical (unpaired) electrons. The van der Waals surface area contributed by atoms with E-state index in [9.17, 15) is 18.0 Å². The van der Waals surface area contributed by atoms with Gasteiger partial charge in [-0.2, -0.15) is 13.2 Å². The van der Waals surface area contributed by atoms with Gasteiger partial charge in [0, 0.05) is 18.7 Å². The molecule has 100 valence electrons. The zero-order valence-corrected chi connectivity index (χ0v) is 9.97. The Morgan fingerprint density at radius 3 is 2.33 bits per heavy atom. The molecule has 0 spiro atoms. The lowest BCUT2D eigenvalue weighted by atomic mass is 10.2.